The number of aromatic nitrogens is 3. The van der Waals surface area contributed by atoms with Gasteiger partial charge in [-0.15, -0.1) is 5.10 Å². The Morgan fingerprint density at radius 2 is 1.93 bits per heavy atom. The average molecular weight is 365 g/mol. The highest BCUT2D eigenvalue weighted by molar-refractivity contribution is 6.06. The largest absolute Gasteiger partial charge is 0.359 e. The third-order valence-corrected chi connectivity index (χ3v) is 4.56. The Hall–Kier alpha value is -3.26. The fraction of sp³-hybridized carbons (Fsp3) is 0.263. The first-order valence-corrected chi connectivity index (χ1v) is 8.57. The zero-order valence-electron chi connectivity index (χ0n) is 15.0. The maximum Gasteiger partial charge on any atom is 0.349 e. The molecule has 138 valence electrons. The second-order valence-electron chi connectivity index (χ2n) is 7.03. The Labute approximate surface area is 155 Å². The molecule has 0 atom stereocenters. The lowest BCUT2D eigenvalue weighted by atomic mass is 10.1. The van der Waals surface area contributed by atoms with Crippen molar-refractivity contribution in [3.63, 3.8) is 0 Å². The molecule has 2 aromatic carbocycles. The first-order valence-electron chi connectivity index (χ1n) is 8.57. The van der Waals surface area contributed by atoms with E-state index in [4.69, 9.17) is 4.74 Å². The minimum absolute atomic E-state index is 0.213. The number of rotatable bonds is 2. The van der Waals surface area contributed by atoms with Gasteiger partial charge >= 0.3 is 6.03 Å². The minimum Gasteiger partial charge on any atom is -0.359 e. The topological polar surface area (TPSA) is 89.3 Å². The highest BCUT2D eigenvalue weighted by Gasteiger charge is 2.38. The normalized spacial score (nSPS) is 15.9. The molecule has 1 aromatic heterocycles. The summed E-state index contributed by atoms with van der Waals surface area (Å²) in [5, 5.41) is 10.9. The molecule has 3 aromatic rings. The van der Waals surface area contributed by atoms with Crippen LogP contribution in [0.3, 0.4) is 0 Å². The van der Waals surface area contributed by atoms with Crippen molar-refractivity contribution in [2.75, 3.05) is 18.7 Å². The summed E-state index contributed by atoms with van der Waals surface area (Å²) in [7, 11) is 0. The summed E-state index contributed by atoms with van der Waals surface area (Å²) in [6.45, 7) is 4.55. The number of hydrogen-bond acceptors (Lipinski definition) is 5. The number of fused-ring (bicyclic) bond motifs is 1. The molecule has 8 nitrogen and oxygen atoms in total. The number of carbonyl (C=O) groups excluding carboxylic acids is 2. The van der Waals surface area contributed by atoms with Crippen molar-refractivity contribution in [1.82, 2.24) is 19.9 Å². The van der Waals surface area contributed by atoms with Gasteiger partial charge in [0.15, 0.2) is 0 Å². The SMILES string of the molecule is CC1(C)COCN1C(=O)n1nnc2cc(C(=O)Nc3ccccc3)ccc21. The maximum absolute atomic E-state index is 12.8. The van der Waals surface area contributed by atoms with Gasteiger partial charge in [0.25, 0.3) is 5.91 Å². The van der Waals surface area contributed by atoms with Gasteiger partial charge in [0.05, 0.1) is 17.7 Å². The van der Waals surface area contributed by atoms with Gasteiger partial charge in [-0.3, -0.25) is 9.69 Å². The van der Waals surface area contributed by atoms with E-state index in [1.54, 1.807) is 23.1 Å². The van der Waals surface area contributed by atoms with Gasteiger partial charge in [-0.05, 0) is 44.2 Å². The Morgan fingerprint density at radius 3 is 2.63 bits per heavy atom. The second-order valence-corrected chi connectivity index (χ2v) is 7.03. The van der Waals surface area contributed by atoms with Crippen LogP contribution in [0, 0.1) is 0 Å². The number of nitrogens with one attached hydrogen (secondary N) is 1. The zero-order valence-corrected chi connectivity index (χ0v) is 15.0. The molecule has 1 aliphatic rings. The van der Waals surface area contributed by atoms with E-state index in [2.05, 4.69) is 15.6 Å². The van der Waals surface area contributed by atoms with E-state index in [9.17, 15) is 9.59 Å². The number of amides is 2. The Morgan fingerprint density at radius 1 is 1.15 bits per heavy atom. The molecule has 1 fully saturated rings. The number of ether oxygens (including phenoxy) is 1. The Bertz CT molecular complexity index is 1010. The van der Waals surface area contributed by atoms with Gasteiger partial charge in [0, 0.05) is 11.3 Å². The molecule has 1 N–H and O–H groups in total. The van der Waals surface area contributed by atoms with Gasteiger partial charge in [0.2, 0.25) is 0 Å². The van der Waals surface area contributed by atoms with Crippen molar-refractivity contribution in [2.45, 2.75) is 19.4 Å². The maximum atomic E-state index is 12.8. The predicted octanol–water partition coefficient (Wildman–Crippen LogP) is 2.72. The van der Waals surface area contributed by atoms with Crippen molar-refractivity contribution in [1.29, 1.82) is 0 Å². The summed E-state index contributed by atoms with van der Waals surface area (Å²) in [6, 6.07) is 13.8. The molecule has 0 radical (unpaired) electrons. The van der Waals surface area contributed by atoms with Crippen LogP contribution >= 0.6 is 0 Å². The monoisotopic (exact) mass is 365 g/mol. The molecule has 0 spiro atoms. The summed E-state index contributed by atoms with van der Waals surface area (Å²) in [5.74, 6) is -0.252. The molecule has 0 unspecified atom stereocenters. The van der Waals surface area contributed by atoms with Gasteiger partial charge < -0.3 is 10.1 Å². The van der Waals surface area contributed by atoms with Gasteiger partial charge in [-0.1, -0.05) is 23.4 Å². The van der Waals surface area contributed by atoms with Crippen LogP contribution in [-0.4, -0.2) is 50.7 Å². The molecular weight excluding hydrogens is 346 g/mol. The molecule has 8 heteroatoms. The highest BCUT2D eigenvalue weighted by atomic mass is 16.5. The van der Waals surface area contributed by atoms with E-state index < -0.39 is 5.54 Å². The summed E-state index contributed by atoms with van der Waals surface area (Å²) in [4.78, 5) is 26.9. The van der Waals surface area contributed by atoms with Gasteiger partial charge in [-0.2, -0.15) is 4.68 Å². The van der Waals surface area contributed by atoms with E-state index in [1.807, 2.05) is 44.2 Å². The van der Waals surface area contributed by atoms with Crippen LogP contribution in [0.1, 0.15) is 24.2 Å². The van der Waals surface area contributed by atoms with Crippen LogP contribution in [0.5, 0.6) is 0 Å². The quantitative estimate of drug-likeness (QED) is 0.754. The highest BCUT2D eigenvalue weighted by Crippen LogP contribution is 2.24. The van der Waals surface area contributed by atoms with Crippen molar-refractivity contribution in [3.8, 4) is 0 Å². The molecule has 2 amide bonds. The van der Waals surface area contributed by atoms with Crippen molar-refractivity contribution < 1.29 is 14.3 Å². The second kappa shape index (κ2) is 6.48. The van der Waals surface area contributed by atoms with Crippen LogP contribution in [0.15, 0.2) is 48.5 Å². The first kappa shape index (κ1) is 17.2. The molecule has 0 aliphatic carbocycles. The summed E-state index contributed by atoms with van der Waals surface area (Å²) in [5.41, 5.74) is 1.75. The van der Waals surface area contributed by atoms with Crippen LogP contribution in [0.25, 0.3) is 11.0 Å². The lowest BCUT2D eigenvalue weighted by Crippen LogP contribution is -2.46. The summed E-state index contributed by atoms with van der Waals surface area (Å²) in [6.07, 6.45) is 0. The van der Waals surface area contributed by atoms with E-state index in [0.29, 0.717) is 28.9 Å². The molecule has 0 saturated carbocycles. The first-order chi connectivity index (χ1) is 13.0. The van der Waals surface area contributed by atoms with E-state index in [-0.39, 0.29) is 18.7 Å². The summed E-state index contributed by atoms with van der Waals surface area (Å²) < 4.78 is 6.64. The van der Waals surface area contributed by atoms with Gasteiger partial charge in [-0.25, -0.2) is 4.79 Å². The molecule has 27 heavy (non-hydrogen) atoms. The molecule has 1 aliphatic heterocycles. The zero-order chi connectivity index (χ0) is 19.0. The van der Waals surface area contributed by atoms with Crippen LogP contribution in [0.2, 0.25) is 0 Å². The molecule has 4 rings (SSSR count). The number of para-hydroxylation sites is 1. The van der Waals surface area contributed by atoms with Crippen molar-refractivity contribution in [2.24, 2.45) is 0 Å². The average Bonchev–Trinajstić information content (AvgIpc) is 3.24. The predicted molar refractivity (Wildman–Crippen MR) is 99.5 cm³/mol. The summed E-state index contributed by atoms with van der Waals surface area (Å²) >= 11 is 0. The number of benzene rings is 2. The van der Waals surface area contributed by atoms with Crippen LogP contribution in [0.4, 0.5) is 10.5 Å². The fourth-order valence-corrected chi connectivity index (χ4v) is 3.00. The number of carbonyl (C=O) groups is 2. The Balaban J connectivity index is 1.60. The van der Waals surface area contributed by atoms with E-state index in [0.717, 1.165) is 0 Å². The van der Waals surface area contributed by atoms with Crippen molar-refractivity contribution >= 4 is 28.7 Å². The number of nitrogens with zero attached hydrogens (tertiary/aromatic N) is 4. The Kier molecular flexibility index (Phi) is 4.12. The van der Waals surface area contributed by atoms with Gasteiger partial charge in [0.1, 0.15) is 12.2 Å². The number of hydrogen-bond donors (Lipinski definition) is 1. The lowest BCUT2D eigenvalue weighted by Gasteiger charge is -2.28. The smallest absolute Gasteiger partial charge is 0.349 e. The molecule has 0 bridgehead atoms. The van der Waals surface area contributed by atoms with E-state index in [1.165, 1.54) is 4.68 Å². The number of anilines is 1. The molecule has 1 saturated heterocycles. The minimum atomic E-state index is -0.412. The molecule has 2 heterocycles. The molecular formula is C19H19N5O3. The standard InChI is InChI=1S/C19H19N5O3/c1-19(2)11-27-12-23(19)18(26)24-16-9-8-13(10-15(16)21-22-24)17(25)20-14-6-4-3-5-7-14/h3-10H,11-12H2,1-2H3,(H,20,25). The van der Waals surface area contributed by atoms with E-state index >= 15 is 0 Å². The fourth-order valence-electron chi connectivity index (χ4n) is 3.00. The van der Waals surface area contributed by atoms with Crippen molar-refractivity contribution in [3.05, 3.63) is 54.1 Å². The van der Waals surface area contributed by atoms with Crippen LogP contribution in [-0.2, 0) is 4.74 Å². The third kappa shape index (κ3) is 3.15. The lowest BCUT2D eigenvalue weighted by molar-refractivity contribution is 0.102. The van der Waals surface area contributed by atoms with Crippen LogP contribution < -0.4 is 5.32 Å². The third-order valence-electron chi connectivity index (χ3n) is 4.56.